The molecule has 1 rings (SSSR count). The third-order valence-corrected chi connectivity index (χ3v) is 2.95. The molecule has 0 spiro atoms. The van der Waals surface area contributed by atoms with Gasteiger partial charge in [-0.3, -0.25) is 14.4 Å². The minimum absolute atomic E-state index is 0.220. The van der Waals surface area contributed by atoms with Gasteiger partial charge in [-0.15, -0.1) is 0 Å². The molecular formula is C14H18N2O3. The largest absolute Gasteiger partial charge is 0.355 e. The van der Waals surface area contributed by atoms with Gasteiger partial charge in [-0.25, -0.2) is 0 Å². The highest BCUT2D eigenvalue weighted by Gasteiger charge is 2.24. The van der Waals surface area contributed by atoms with Crippen LogP contribution in [0.4, 0.5) is 0 Å². The third-order valence-electron chi connectivity index (χ3n) is 2.95. The highest BCUT2D eigenvalue weighted by molar-refractivity contribution is 6.02. The summed E-state index contributed by atoms with van der Waals surface area (Å²) in [7, 11) is 1.55. The average molecular weight is 262 g/mol. The number of carbonyl (C=O) groups is 3. The number of amides is 2. The van der Waals surface area contributed by atoms with Crippen molar-refractivity contribution in [3.8, 4) is 0 Å². The van der Waals surface area contributed by atoms with Gasteiger partial charge in [0, 0.05) is 19.2 Å². The van der Waals surface area contributed by atoms with Crippen LogP contribution >= 0.6 is 0 Å². The van der Waals surface area contributed by atoms with Crippen molar-refractivity contribution < 1.29 is 14.4 Å². The Bertz CT molecular complexity index is 485. The Balaban J connectivity index is 2.93. The minimum atomic E-state index is -0.591. The van der Waals surface area contributed by atoms with Crippen molar-refractivity contribution in [2.45, 2.75) is 19.9 Å². The molecule has 1 atom stereocenters. The van der Waals surface area contributed by atoms with Crippen LogP contribution in [-0.4, -0.2) is 42.6 Å². The lowest BCUT2D eigenvalue weighted by Crippen LogP contribution is -2.46. The maximum absolute atomic E-state index is 12.3. The molecule has 5 heteroatoms. The molecule has 1 aromatic carbocycles. The molecule has 102 valence electrons. The van der Waals surface area contributed by atoms with Gasteiger partial charge in [0.15, 0.2) is 6.29 Å². The van der Waals surface area contributed by atoms with E-state index in [0.29, 0.717) is 24.0 Å². The number of hydrogen-bond acceptors (Lipinski definition) is 3. The van der Waals surface area contributed by atoms with Crippen molar-refractivity contribution in [3.63, 3.8) is 0 Å². The fraction of sp³-hybridized carbons (Fsp3) is 0.357. The fourth-order valence-corrected chi connectivity index (χ4v) is 1.66. The maximum Gasteiger partial charge on any atom is 0.254 e. The SMILES string of the molecule is CCNC(=O)C(C)N(C)C(=O)c1ccccc1C=O. The lowest BCUT2D eigenvalue weighted by Gasteiger charge is -2.24. The number of hydrogen-bond donors (Lipinski definition) is 1. The predicted molar refractivity (Wildman–Crippen MR) is 72.1 cm³/mol. The molecule has 0 bridgehead atoms. The number of aldehydes is 1. The number of carbonyl (C=O) groups excluding carboxylic acids is 3. The molecule has 1 unspecified atom stereocenters. The summed E-state index contributed by atoms with van der Waals surface area (Å²) in [4.78, 5) is 36.2. The van der Waals surface area contributed by atoms with Crippen LogP contribution in [-0.2, 0) is 4.79 Å². The van der Waals surface area contributed by atoms with E-state index < -0.39 is 6.04 Å². The lowest BCUT2D eigenvalue weighted by atomic mass is 10.1. The molecule has 0 radical (unpaired) electrons. The van der Waals surface area contributed by atoms with Crippen molar-refractivity contribution in [1.29, 1.82) is 0 Å². The van der Waals surface area contributed by atoms with E-state index in [1.165, 1.54) is 4.90 Å². The van der Waals surface area contributed by atoms with E-state index in [4.69, 9.17) is 0 Å². The number of nitrogens with zero attached hydrogens (tertiary/aromatic N) is 1. The van der Waals surface area contributed by atoms with Gasteiger partial charge >= 0.3 is 0 Å². The van der Waals surface area contributed by atoms with Gasteiger partial charge in [-0.1, -0.05) is 18.2 Å². The van der Waals surface area contributed by atoms with Gasteiger partial charge in [-0.05, 0) is 19.9 Å². The summed E-state index contributed by atoms with van der Waals surface area (Å²) in [6, 6.07) is 5.93. The first-order chi connectivity index (χ1) is 9.02. The second kappa shape index (κ2) is 6.68. The monoisotopic (exact) mass is 262 g/mol. The van der Waals surface area contributed by atoms with Crippen LogP contribution in [0.3, 0.4) is 0 Å². The molecule has 0 fully saturated rings. The summed E-state index contributed by atoms with van der Waals surface area (Å²) in [6.45, 7) is 3.97. The molecular weight excluding hydrogens is 244 g/mol. The van der Waals surface area contributed by atoms with E-state index in [1.807, 2.05) is 6.92 Å². The summed E-state index contributed by atoms with van der Waals surface area (Å²) in [5.41, 5.74) is 0.624. The van der Waals surface area contributed by atoms with Gasteiger partial charge in [0.2, 0.25) is 5.91 Å². The average Bonchev–Trinajstić information content (AvgIpc) is 2.45. The highest BCUT2D eigenvalue weighted by Crippen LogP contribution is 2.11. The van der Waals surface area contributed by atoms with Crippen molar-refractivity contribution in [2.75, 3.05) is 13.6 Å². The van der Waals surface area contributed by atoms with E-state index in [1.54, 1.807) is 38.2 Å². The maximum atomic E-state index is 12.3. The molecule has 5 nitrogen and oxygen atoms in total. The van der Waals surface area contributed by atoms with Crippen LogP contribution in [0.1, 0.15) is 34.6 Å². The van der Waals surface area contributed by atoms with E-state index in [9.17, 15) is 14.4 Å². The quantitative estimate of drug-likeness (QED) is 0.808. The smallest absolute Gasteiger partial charge is 0.254 e. The number of likely N-dealkylation sites (N-methyl/N-ethyl adjacent to an activating group) is 2. The summed E-state index contributed by atoms with van der Waals surface area (Å²) in [6.07, 6.45) is 0.637. The van der Waals surface area contributed by atoms with E-state index in [2.05, 4.69) is 5.32 Å². The van der Waals surface area contributed by atoms with Crippen LogP contribution in [0.2, 0.25) is 0 Å². The van der Waals surface area contributed by atoms with E-state index in [-0.39, 0.29) is 11.8 Å². The van der Waals surface area contributed by atoms with Crippen LogP contribution in [0.5, 0.6) is 0 Å². The van der Waals surface area contributed by atoms with Crippen molar-refractivity contribution in [2.24, 2.45) is 0 Å². The first-order valence-corrected chi connectivity index (χ1v) is 6.12. The van der Waals surface area contributed by atoms with Crippen molar-refractivity contribution >= 4 is 18.1 Å². The first kappa shape index (κ1) is 14.9. The fourth-order valence-electron chi connectivity index (χ4n) is 1.66. The molecule has 0 aromatic heterocycles. The zero-order valence-electron chi connectivity index (χ0n) is 11.3. The molecule has 0 saturated carbocycles. The number of nitrogens with one attached hydrogen (secondary N) is 1. The van der Waals surface area contributed by atoms with Crippen LogP contribution in [0, 0.1) is 0 Å². The summed E-state index contributed by atoms with van der Waals surface area (Å²) in [5, 5.41) is 2.66. The molecule has 2 amide bonds. The summed E-state index contributed by atoms with van der Waals surface area (Å²) in [5.74, 6) is -0.566. The van der Waals surface area contributed by atoms with Crippen LogP contribution < -0.4 is 5.32 Å². The Kier molecular flexibility index (Phi) is 5.23. The van der Waals surface area contributed by atoms with Gasteiger partial charge in [0.25, 0.3) is 5.91 Å². The lowest BCUT2D eigenvalue weighted by molar-refractivity contribution is -0.124. The summed E-state index contributed by atoms with van der Waals surface area (Å²) < 4.78 is 0. The highest BCUT2D eigenvalue weighted by atomic mass is 16.2. The topological polar surface area (TPSA) is 66.5 Å². The molecule has 0 aliphatic rings. The second-order valence-electron chi connectivity index (χ2n) is 4.19. The normalized spacial score (nSPS) is 11.5. The molecule has 19 heavy (non-hydrogen) atoms. The van der Waals surface area contributed by atoms with Crippen LogP contribution in [0.15, 0.2) is 24.3 Å². The zero-order valence-corrected chi connectivity index (χ0v) is 11.3. The first-order valence-electron chi connectivity index (χ1n) is 6.12. The van der Waals surface area contributed by atoms with Crippen LogP contribution in [0.25, 0.3) is 0 Å². The second-order valence-corrected chi connectivity index (χ2v) is 4.19. The molecule has 0 heterocycles. The van der Waals surface area contributed by atoms with Gasteiger partial charge in [0.05, 0.1) is 5.56 Å². The molecule has 1 aromatic rings. The molecule has 1 N–H and O–H groups in total. The van der Waals surface area contributed by atoms with Crippen molar-refractivity contribution in [1.82, 2.24) is 10.2 Å². The summed E-state index contributed by atoms with van der Waals surface area (Å²) >= 11 is 0. The molecule has 0 aliphatic carbocycles. The van der Waals surface area contributed by atoms with Gasteiger partial charge < -0.3 is 10.2 Å². The number of benzene rings is 1. The Labute approximate surface area is 112 Å². The molecule has 0 saturated heterocycles. The van der Waals surface area contributed by atoms with Crippen molar-refractivity contribution in [3.05, 3.63) is 35.4 Å². The predicted octanol–water partition coefficient (Wildman–Crippen LogP) is 1.10. The number of rotatable bonds is 5. The van der Waals surface area contributed by atoms with Gasteiger partial charge in [0.1, 0.15) is 6.04 Å². The third kappa shape index (κ3) is 3.40. The van der Waals surface area contributed by atoms with E-state index >= 15 is 0 Å². The Morgan fingerprint density at radius 1 is 1.37 bits per heavy atom. The van der Waals surface area contributed by atoms with E-state index in [0.717, 1.165) is 0 Å². The Morgan fingerprint density at radius 3 is 2.58 bits per heavy atom. The standard InChI is InChI=1S/C14H18N2O3/c1-4-15-13(18)10(2)16(3)14(19)12-8-6-5-7-11(12)9-17/h5-10H,4H2,1-3H3,(H,15,18). The molecule has 0 aliphatic heterocycles. The zero-order chi connectivity index (χ0) is 14.4. The minimum Gasteiger partial charge on any atom is -0.355 e. The van der Waals surface area contributed by atoms with Gasteiger partial charge in [-0.2, -0.15) is 0 Å². The Hall–Kier alpha value is -2.17. The Morgan fingerprint density at radius 2 is 2.00 bits per heavy atom.